The number of hydrogen-bond acceptors (Lipinski definition) is 2. The summed E-state index contributed by atoms with van der Waals surface area (Å²) in [6.07, 6.45) is 7.48. The molecule has 2 nitrogen and oxygen atoms in total. The van der Waals surface area contributed by atoms with Crippen LogP contribution in [0.2, 0.25) is 5.82 Å². The molecule has 129 valence electrons. The van der Waals surface area contributed by atoms with Crippen molar-refractivity contribution in [2.75, 3.05) is 6.54 Å². The molecule has 25 heavy (non-hydrogen) atoms. The van der Waals surface area contributed by atoms with Crippen LogP contribution in [0.3, 0.4) is 0 Å². The number of rotatable bonds is 5. The molecule has 2 aromatic carbocycles. The van der Waals surface area contributed by atoms with E-state index in [0.29, 0.717) is 5.82 Å². The van der Waals surface area contributed by atoms with Crippen LogP contribution in [-0.4, -0.2) is 29.9 Å². The zero-order valence-corrected chi connectivity index (χ0v) is 14.8. The predicted octanol–water partition coefficient (Wildman–Crippen LogP) is 4.37. The Bertz CT molecular complexity index is 629. The second-order valence-corrected chi connectivity index (χ2v) is 7.59. The molecule has 0 bridgehead atoms. The number of nitrogens with zero attached hydrogens (tertiary/aromatic N) is 1. The first-order chi connectivity index (χ1) is 12.3. The molecule has 1 heterocycles. The third-order valence-electron chi connectivity index (χ3n) is 6.01. The fourth-order valence-electron chi connectivity index (χ4n) is 4.73. The van der Waals surface area contributed by atoms with Gasteiger partial charge in [0.25, 0.3) is 0 Å². The summed E-state index contributed by atoms with van der Waals surface area (Å²) in [5, 5.41) is 12.0. The van der Waals surface area contributed by atoms with Crippen molar-refractivity contribution in [3.05, 3.63) is 71.8 Å². The van der Waals surface area contributed by atoms with Crippen LogP contribution in [0.15, 0.2) is 60.7 Å². The smallest absolute Gasteiger partial charge is 0.212 e. The monoisotopic (exact) mass is 332 g/mol. The molecule has 2 aromatic rings. The van der Waals surface area contributed by atoms with Gasteiger partial charge < -0.3 is 9.92 Å². The van der Waals surface area contributed by atoms with E-state index >= 15 is 0 Å². The van der Waals surface area contributed by atoms with Gasteiger partial charge in [-0.3, -0.25) is 0 Å². The summed E-state index contributed by atoms with van der Waals surface area (Å²) in [7, 11) is 2.45. The Balaban J connectivity index is 1.70. The van der Waals surface area contributed by atoms with Crippen LogP contribution in [0, 0.1) is 0 Å². The molecule has 4 rings (SSSR count). The Morgan fingerprint density at radius 1 is 0.800 bits per heavy atom. The molecule has 2 fully saturated rings. The predicted molar refractivity (Wildman–Crippen MR) is 104 cm³/mol. The van der Waals surface area contributed by atoms with E-state index in [9.17, 15) is 5.11 Å². The van der Waals surface area contributed by atoms with Crippen molar-refractivity contribution in [1.82, 2.24) is 4.81 Å². The lowest BCUT2D eigenvalue weighted by Crippen LogP contribution is -2.50. The van der Waals surface area contributed by atoms with Crippen LogP contribution in [-0.2, 0) is 5.60 Å². The van der Waals surface area contributed by atoms with Gasteiger partial charge in [-0.05, 0) is 30.5 Å². The molecular formula is C22H27BNO. The zero-order chi connectivity index (χ0) is 17.1. The molecule has 1 aliphatic carbocycles. The minimum atomic E-state index is -0.964. The maximum Gasteiger partial charge on any atom is 0.212 e. The van der Waals surface area contributed by atoms with Gasteiger partial charge in [0, 0.05) is 6.04 Å². The Morgan fingerprint density at radius 3 is 1.92 bits per heavy atom. The van der Waals surface area contributed by atoms with E-state index in [1.807, 2.05) is 36.4 Å². The molecule has 2 aliphatic rings. The molecule has 1 saturated heterocycles. The van der Waals surface area contributed by atoms with Gasteiger partial charge in [-0.25, -0.2) is 0 Å². The third-order valence-corrected chi connectivity index (χ3v) is 6.01. The van der Waals surface area contributed by atoms with E-state index in [1.165, 1.54) is 25.7 Å². The summed E-state index contributed by atoms with van der Waals surface area (Å²) in [6.45, 7) is 1.06. The number of aliphatic hydroxyl groups is 1. The van der Waals surface area contributed by atoms with Crippen LogP contribution in [0.5, 0.6) is 0 Å². The fourth-order valence-corrected chi connectivity index (χ4v) is 4.73. The highest BCUT2D eigenvalue weighted by Crippen LogP contribution is 2.41. The van der Waals surface area contributed by atoms with E-state index in [-0.39, 0.29) is 6.04 Å². The van der Waals surface area contributed by atoms with Crippen LogP contribution in [0.1, 0.15) is 49.7 Å². The molecule has 1 unspecified atom stereocenters. The van der Waals surface area contributed by atoms with Crippen LogP contribution in [0.25, 0.3) is 0 Å². The second kappa shape index (κ2) is 7.35. The SMILES string of the molecule is OC(c1ccccc1)(c1ccccc1)C1CCCN1[B]C1CCCC1. The summed E-state index contributed by atoms with van der Waals surface area (Å²) in [5.41, 5.74) is 1.03. The summed E-state index contributed by atoms with van der Waals surface area (Å²) >= 11 is 0. The van der Waals surface area contributed by atoms with Gasteiger partial charge >= 0.3 is 0 Å². The van der Waals surface area contributed by atoms with Crippen LogP contribution in [0.4, 0.5) is 0 Å². The van der Waals surface area contributed by atoms with E-state index in [2.05, 4.69) is 36.5 Å². The molecule has 0 spiro atoms. The standard InChI is InChI=1S/C22H27BNO/c25-22(18-10-3-1-4-11-18,19-12-5-2-6-13-19)21-16-9-17-24(21)23-20-14-7-8-15-20/h1-6,10-13,20-21,25H,7-9,14-17H2. The normalized spacial score (nSPS) is 22.4. The van der Waals surface area contributed by atoms with Gasteiger partial charge in [-0.15, -0.1) is 0 Å². The third kappa shape index (κ3) is 3.28. The Labute approximate surface area is 152 Å². The van der Waals surface area contributed by atoms with Gasteiger partial charge in [0.1, 0.15) is 5.60 Å². The lowest BCUT2D eigenvalue weighted by molar-refractivity contribution is 0.0195. The van der Waals surface area contributed by atoms with Gasteiger partial charge in [0.05, 0.1) is 0 Å². The molecule has 0 aromatic heterocycles. The lowest BCUT2D eigenvalue weighted by Gasteiger charge is -2.41. The summed E-state index contributed by atoms with van der Waals surface area (Å²) in [5.74, 6) is 0.691. The highest BCUT2D eigenvalue weighted by atomic mass is 16.3. The number of hydrogen-bond donors (Lipinski definition) is 1. The maximum absolute atomic E-state index is 12.0. The van der Waals surface area contributed by atoms with Crippen LogP contribution >= 0.6 is 0 Å². The topological polar surface area (TPSA) is 23.5 Å². The minimum absolute atomic E-state index is 0.109. The molecule has 1 radical (unpaired) electrons. The van der Waals surface area contributed by atoms with Gasteiger partial charge in [-0.2, -0.15) is 0 Å². The number of benzene rings is 2. The van der Waals surface area contributed by atoms with Crippen LogP contribution < -0.4 is 0 Å². The highest BCUT2D eigenvalue weighted by molar-refractivity contribution is 6.34. The first-order valence-corrected chi connectivity index (χ1v) is 9.72. The highest BCUT2D eigenvalue weighted by Gasteiger charge is 2.45. The molecule has 1 saturated carbocycles. The van der Waals surface area contributed by atoms with E-state index in [4.69, 9.17) is 0 Å². The summed E-state index contributed by atoms with van der Waals surface area (Å²) in [6, 6.07) is 20.5. The minimum Gasteiger partial charge on any atom is -0.379 e. The molecule has 1 aliphatic heterocycles. The van der Waals surface area contributed by atoms with Crippen molar-refractivity contribution < 1.29 is 5.11 Å². The van der Waals surface area contributed by atoms with E-state index in [0.717, 1.165) is 30.5 Å². The first kappa shape index (κ1) is 16.9. The average molecular weight is 332 g/mol. The molecule has 3 heteroatoms. The molecule has 1 N–H and O–H groups in total. The Hall–Kier alpha value is -1.58. The lowest BCUT2D eigenvalue weighted by atomic mass is 9.69. The first-order valence-electron chi connectivity index (χ1n) is 9.72. The van der Waals surface area contributed by atoms with Crippen molar-refractivity contribution in [3.8, 4) is 0 Å². The van der Waals surface area contributed by atoms with Gasteiger partial charge in [0.15, 0.2) is 0 Å². The van der Waals surface area contributed by atoms with Crippen molar-refractivity contribution in [2.24, 2.45) is 0 Å². The fraction of sp³-hybridized carbons (Fsp3) is 0.455. The van der Waals surface area contributed by atoms with E-state index < -0.39 is 5.60 Å². The van der Waals surface area contributed by atoms with Crippen molar-refractivity contribution in [2.45, 2.75) is 56.0 Å². The van der Waals surface area contributed by atoms with Gasteiger partial charge in [0.2, 0.25) is 7.41 Å². The van der Waals surface area contributed by atoms with Crippen molar-refractivity contribution in [1.29, 1.82) is 0 Å². The molecular weight excluding hydrogens is 305 g/mol. The van der Waals surface area contributed by atoms with E-state index in [1.54, 1.807) is 0 Å². The largest absolute Gasteiger partial charge is 0.379 e. The quantitative estimate of drug-likeness (QED) is 0.822. The van der Waals surface area contributed by atoms with Crippen molar-refractivity contribution in [3.63, 3.8) is 0 Å². The second-order valence-electron chi connectivity index (χ2n) is 7.59. The molecule has 1 atom stereocenters. The molecule has 0 amide bonds. The van der Waals surface area contributed by atoms with Gasteiger partial charge in [-0.1, -0.05) is 92.2 Å². The Kier molecular flexibility index (Phi) is 4.96. The maximum atomic E-state index is 12.0. The Morgan fingerprint density at radius 2 is 1.36 bits per heavy atom. The summed E-state index contributed by atoms with van der Waals surface area (Å²) < 4.78 is 0. The van der Waals surface area contributed by atoms with Crippen molar-refractivity contribution >= 4 is 7.41 Å². The average Bonchev–Trinajstić information content (AvgIpc) is 3.35. The zero-order valence-electron chi connectivity index (χ0n) is 14.8. The summed E-state index contributed by atoms with van der Waals surface area (Å²) in [4.78, 5) is 2.45.